The quantitative estimate of drug-likeness (QED) is 0.678. The Morgan fingerprint density at radius 3 is 2.71 bits per heavy atom. The summed E-state index contributed by atoms with van der Waals surface area (Å²) in [7, 11) is 0. The van der Waals surface area contributed by atoms with Crippen LogP contribution >= 0.6 is 0 Å². The van der Waals surface area contributed by atoms with Gasteiger partial charge >= 0.3 is 5.63 Å². The zero-order valence-electron chi connectivity index (χ0n) is 13.7. The van der Waals surface area contributed by atoms with Crippen molar-refractivity contribution < 1.29 is 9.15 Å². The van der Waals surface area contributed by atoms with Gasteiger partial charge in [-0.3, -0.25) is 9.88 Å². The summed E-state index contributed by atoms with van der Waals surface area (Å²) in [5.41, 5.74) is 4.10. The molecule has 24 heavy (non-hydrogen) atoms. The zero-order chi connectivity index (χ0) is 16.7. The lowest BCUT2D eigenvalue weighted by Crippen LogP contribution is -2.31. The summed E-state index contributed by atoms with van der Waals surface area (Å²) < 4.78 is 11.5. The molecule has 0 saturated heterocycles. The molecule has 0 amide bonds. The van der Waals surface area contributed by atoms with Crippen LogP contribution < -0.4 is 10.4 Å². The van der Waals surface area contributed by atoms with Crippen molar-refractivity contribution in [1.82, 2.24) is 9.88 Å². The fourth-order valence-electron chi connectivity index (χ4n) is 3.11. The van der Waals surface area contributed by atoms with Crippen molar-refractivity contribution in [2.45, 2.75) is 26.9 Å². The third-order valence-corrected chi connectivity index (χ3v) is 4.62. The van der Waals surface area contributed by atoms with Crippen molar-refractivity contribution in [3.8, 4) is 5.75 Å². The van der Waals surface area contributed by atoms with Gasteiger partial charge in [-0.15, -0.1) is 0 Å². The highest BCUT2D eigenvalue weighted by molar-refractivity contribution is 5.85. The lowest BCUT2D eigenvalue weighted by atomic mass is 10.0. The molecule has 0 bridgehead atoms. The molecule has 5 heteroatoms. The maximum Gasteiger partial charge on any atom is 0.339 e. The minimum Gasteiger partial charge on any atom is -0.478 e. The van der Waals surface area contributed by atoms with E-state index in [2.05, 4.69) is 9.88 Å². The molecular formula is C19H18N2O3. The number of hydrogen-bond donors (Lipinski definition) is 0. The Morgan fingerprint density at radius 2 is 1.92 bits per heavy atom. The van der Waals surface area contributed by atoms with Crippen LogP contribution in [0.15, 0.2) is 45.9 Å². The molecule has 5 nitrogen and oxygen atoms in total. The highest BCUT2D eigenvalue weighted by Gasteiger charge is 2.22. The highest BCUT2D eigenvalue weighted by atomic mass is 16.5. The van der Waals surface area contributed by atoms with Gasteiger partial charge in [0, 0.05) is 36.4 Å². The highest BCUT2D eigenvalue weighted by Crippen LogP contribution is 2.33. The van der Waals surface area contributed by atoms with Crippen molar-refractivity contribution in [1.29, 1.82) is 0 Å². The van der Waals surface area contributed by atoms with Crippen LogP contribution in [-0.4, -0.2) is 16.6 Å². The molecule has 1 aliphatic heterocycles. The second-order valence-electron chi connectivity index (χ2n) is 6.17. The summed E-state index contributed by atoms with van der Waals surface area (Å²) in [6.45, 7) is 5.70. The number of ether oxygens (including phenoxy) is 1. The molecule has 0 radical (unpaired) electrons. The molecule has 3 aromatic rings. The smallest absolute Gasteiger partial charge is 0.339 e. The molecule has 0 atom stereocenters. The normalized spacial score (nSPS) is 14.4. The van der Waals surface area contributed by atoms with Gasteiger partial charge in [0.25, 0.3) is 0 Å². The Morgan fingerprint density at radius 1 is 1.12 bits per heavy atom. The molecule has 0 aliphatic carbocycles. The minimum absolute atomic E-state index is 0.278. The number of aromatic nitrogens is 1. The number of pyridine rings is 1. The SMILES string of the molecule is Cc1c(C)c2ccc3c(c2oc1=O)CN(Cc1ccncc1)CO3. The van der Waals surface area contributed by atoms with E-state index in [4.69, 9.17) is 9.15 Å². The fourth-order valence-corrected chi connectivity index (χ4v) is 3.11. The second-order valence-corrected chi connectivity index (χ2v) is 6.17. The Balaban J connectivity index is 1.75. The van der Waals surface area contributed by atoms with Crippen molar-refractivity contribution in [2.75, 3.05) is 6.73 Å². The molecule has 0 fully saturated rings. The van der Waals surface area contributed by atoms with Gasteiger partial charge < -0.3 is 9.15 Å². The fraction of sp³-hybridized carbons (Fsp3) is 0.263. The summed E-state index contributed by atoms with van der Waals surface area (Å²) in [6.07, 6.45) is 3.57. The zero-order valence-corrected chi connectivity index (χ0v) is 13.7. The van der Waals surface area contributed by atoms with E-state index in [1.165, 1.54) is 5.56 Å². The number of fused-ring (bicyclic) bond motifs is 3. The van der Waals surface area contributed by atoms with E-state index in [1.54, 1.807) is 19.3 Å². The van der Waals surface area contributed by atoms with Gasteiger partial charge in [-0.2, -0.15) is 0 Å². The Labute approximate surface area is 139 Å². The van der Waals surface area contributed by atoms with Crippen molar-refractivity contribution in [3.63, 3.8) is 0 Å². The first kappa shape index (κ1) is 14.9. The standard InChI is InChI=1S/C19H18N2O3/c1-12-13(2)19(22)24-18-15(12)3-4-17-16(18)10-21(11-23-17)9-14-5-7-20-8-6-14/h3-8H,9-11H2,1-2H3. The van der Waals surface area contributed by atoms with Crippen molar-refractivity contribution in [2.24, 2.45) is 0 Å². The Kier molecular flexibility index (Phi) is 3.58. The average molecular weight is 322 g/mol. The molecule has 1 aliphatic rings. The van der Waals surface area contributed by atoms with Gasteiger partial charge in [-0.25, -0.2) is 4.79 Å². The predicted molar refractivity (Wildman–Crippen MR) is 90.9 cm³/mol. The molecule has 0 spiro atoms. The maximum atomic E-state index is 12.1. The van der Waals surface area contributed by atoms with Gasteiger partial charge in [0.2, 0.25) is 0 Å². The van der Waals surface area contributed by atoms with Gasteiger partial charge in [-0.05, 0) is 49.2 Å². The molecule has 122 valence electrons. The average Bonchev–Trinajstić information content (AvgIpc) is 2.60. The summed E-state index contributed by atoms with van der Waals surface area (Å²) in [5.74, 6) is 0.792. The summed E-state index contributed by atoms with van der Waals surface area (Å²) >= 11 is 0. The first-order chi connectivity index (χ1) is 11.6. The van der Waals surface area contributed by atoms with Crippen LogP contribution in [0.2, 0.25) is 0 Å². The van der Waals surface area contributed by atoms with E-state index in [-0.39, 0.29) is 5.63 Å². The molecule has 1 aromatic carbocycles. The van der Waals surface area contributed by atoms with Gasteiger partial charge in [0.1, 0.15) is 18.1 Å². The Bertz CT molecular complexity index is 964. The summed E-state index contributed by atoms with van der Waals surface area (Å²) in [6, 6.07) is 7.92. The van der Waals surface area contributed by atoms with E-state index in [9.17, 15) is 4.79 Å². The third kappa shape index (κ3) is 2.47. The largest absolute Gasteiger partial charge is 0.478 e. The first-order valence-corrected chi connectivity index (χ1v) is 7.93. The molecule has 3 heterocycles. The minimum atomic E-state index is -0.278. The molecule has 0 unspecified atom stereocenters. The van der Waals surface area contributed by atoms with Crippen LogP contribution in [-0.2, 0) is 13.1 Å². The lowest BCUT2D eigenvalue weighted by Gasteiger charge is -2.29. The van der Waals surface area contributed by atoms with Crippen LogP contribution in [0.3, 0.4) is 0 Å². The van der Waals surface area contributed by atoms with Gasteiger partial charge in [-0.1, -0.05) is 0 Å². The van der Waals surface area contributed by atoms with E-state index < -0.39 is 0 Å². The van der Waals surface area contributed by atoms with Gasteiger partial charge in [0.15, 0.2) is 0 Å². The van der Waals surface area contributed by atoms with E-state index in [0.29, 0.717) is 24.4 Å². The van der Waals surface area contributed by atoms with Crippen molar-refractivity contribution >= 4 is 11.0 Å². The number of aryl methyl sites for hydroxylation is 1. The van der Waals surface area contributed by atoms with Crippen molar-refractivity contribution in [3.05, 3.63) is 69.3 Å². The molecule has 4 rings (SSSR count). The van der Waals surface area contributed by atoms with Crippen LogP contribution in [0, 0.1) is 13.8 Å². The third-order valence-electron chi connectivity index (χ3n) is 4.62. The van der Waals surface area contributed by atoms with Crippen LogP contribution in [0.5, 0.6) is 5.75 Å². The van der Waals surface area contributed by atoms with Gasteiger partial charge in [0.05, 0.1) is 5.56 Å². The van der Waals surface area contributed by atoms with Crippen LogP contribution in [0.4, 0.5) is 0 Å². The number of nitrogens with zero attached hydrogens (tertiary/aromatic N) is 2. The predicted octanol–water partition coefficient (Wildman–Crippen LogP) is 3.16. The molecule has 0 N–H and O–H groups in total. The van der Waals surface area contributed by atoms with E-state index >= 15 is 0 Å². The van der Waals surface area contributed by atoms with Crippen LogP contribution in [0.1, 0.15) is 22.3 Å². The lowest BCUT2D eigenvalue weighted by molar-refractivity contribution is 0.0889. The Hall–Kier alpha value is -2.66. The number of rotatable bonds is 2. The topological polar surface area (TPSA) is 55.6 Å². The number of benzene rings is 1. The maximum absolute atomic E-state index is 12.1. The molecular weight excluding hydrogens is 304 g/mol. The monoisotopic (exact) mass is 322 g/mol. The first-order valence-electron chi connectivity index (χ1n) is 7.93. The van der Waals surface area contributed by atoms with E-state index in [0.717, 1.165) is 28.8 Å². The summed E-state index contributed by atoms with van der Waals surface area (Å²) in [4.78, 5) is 18.3. The number of hydrogen-bond acceptors (Lipinski definition) is 5. The van der Waals surface area contributed by atoms with E-state index in [1.807, 2.05) is 31.2 Å². The second kappa shape index (κ2) is 5.76. The molecule has 0 saturated carbocycles. The molecule has 2 aromatic heterocycles. The summed E-state index contributed by atoms with van der Waals surface area (Å²) in [5, 5.41) is 0.972. The van der Waals surface area contributed by atoms with Crippen LogP contribution in [0.25, 0.3) is 11.0 Å².